The Bertz CT molecular complexity index is 477. The van der Waals surface area contributed by atoms with Crippen LogP contribution in [0.4, 0.5) is 5.69 Å². The quantitative estimate of drug-likeness (QED) is 0.609. The van der Waals surface area contributed by atoms with E-state index in [-0.39, 0.29) is 11.6 Å². The molecule has 104 valence electrons. The second kappa shape index (κ2) is 5.83. The summed E-state index contributed by atoms with van der Waals surface area (Å²) in [6.07, 6.45) is 4.56. The van der Waals surface area contributed by atoms with Crippen molar-refractivity contribution in [2.24, 2.45) is 7.05 Å². The Morgan fingerprint density at radius 3 is 3.05 bits per heavy atom. The van der Waals surface area contributed by atoms with Crippen LogP contribution in [0.1, 0.15) is 29.8 Å². The summed E-state index contributed by atoms with van der Waals surface area (Å²) in [5, 5.41) is 16.8. The predicted octanol–water partition coefficient (Wildman–Crippen LogP) is 0.805. The van der Waals surface area contributed by atoms with Crippen LogP contribution in [-0.2, 0) is 7.05 Å². The van der Waals surface area contributed by atoms with Crippen LogP contribution >= 0.6 is 0 Å². The van der Waals surface area contributed by atoms with E-state index >= 15 is 0 Å². The van der Waals surface area contributed by atoms with Crippen molar-refractivity contribution in [1.29, 1.82) is 0 Å². The molecular formula is C12H18N4O3. The Kier molecular flexibility index (Phi) is 4.16. The van der Waals surface area contributed by atoms with Gasteiger partial charge >= 0.3 is 0 Å². The van der Waals surface area contributed by atoms with Gasteiger partial charge in [0, 0.05) is 25.7 Å². The van der Waals surface area contributed by atoms with Gasteiger partial charge in [0.15, 0.2) is 0 Å². The molecule has 1 fully saturated rings. The molecule has 0 unspecified atom stereocenters. The third-order valence-corrected chi connectivity index (χ3v) is 3.37. The summed E-state index contributed by atoms with van der Waals surface area (Å²) in [5.41, 5.74) is 0.246. The van der Waals surface area contributed by atoms with Crippen LogP contribution in [0.5, 0.6) is 0 Å². The molecule has 2 heterocycles. The van der Waals surface area contributed by atoms with Crippen molar-refractivity contribution in [1.82, 2.24) is 15.2 Å². The SMILES string of the molecule is Cn1cc([N+](=O)[O-])cc1C(=O)NCC[C@@H]1CCCN1. The molecule has 1 amide bonds. The minimum absolute atomic E-state index is 0.0647. The van der Waals surface area contributed by atoms with Crippen LogP contribution < -0.4 is 10.6 Å². The number of carbonyl (C=O) groups excluding carboxylic acids is 1. The van der Waals surface area contributed by atoms with Gasteiger partial charge in [0.25, 0.3) is 11.6 Å². The average molecular weight is 266 g/mol. The van der Waals surface area contributed by atoms with Gasteiger partial charge < -0.3 is 15.2 Å². The Labute approximate surface area is 111 Å². The van der Waals surface area contributed by atoms with Crippen molar-refractivity contribution in [3.63, 3.8) is 0 Å². The summed E-state index contributed by atoms with van der Waals surface area (Å²) in [6.45, 7) is 1.62. The summed E-state index contributed by atoms with van der Waals surface area (Å²) in [5.74, 6) is -0.270. The zero-order valence-electron chi connectivity index (χ0n) is 10.9. The van der Waals surface area contributed by atoms with E-state index in [0.29, 0.717) is 18.3 Å². The molecule has 0 spiro atoms. The molecule has 7 heteroatoms. The molecule has 19 heavy (non-hydrogen) atoms. The van der Waals surface area contributed by atoms with Crippen LogP contribution in [0, 0.1) is 10.1 Å². The highest BCUT2D eigenvalue weighted by Crippen LogP contribution is 2.15. The monoisotopic (exact) mass is 266 g/mol. The number of aromatic nitrogens is 1. The lowest BCUT2D eigenvalue weighted by Gasteiger charge is -2.10. The van der Waals surface area contributed by atoms with E-state index in [4.69, 9.17) is 0 Å². The van der Waals surface area contributed by atoms with Crippen LogP contribution in [0.2, 0.25) is 0 Å². The van der Waals surface area contributed by atoms with Crippen molar-refractivity contribution in [3.05, 3.63) is 28.1 Å². The number of rotatable bonds is 5. The first-order valence-corrected chi connectivity index (χ1v) is 6.40. The lowest BCUT2D eigenvalue weighted by atomic mass is 10.1. The zero-order valence-corrected chi connectivity index (χ0v) is 10.9. The molecule has 1 aromatic rings. The van der Waals surface area contributed by atoms with Crippen LogP contribution in [0.15, 0.2) is 12.3 Å². The third-order valence-electron chi connectivity index (χ3n) is 3.37. The molecule has 0 radical (unpaired) electrons. The number of nitrogens with one attached hydrogen (secondary N) is 2. The largest absolute Gasteiger partial charge is 0.351 e. The number of hydrogen-bond acceptors (Lipinski definition) is 4. The molecule has 0 aromatic carbocycles. The first-order chi connectivity index (χ1) is 9.08. The number of carbonyl (C=O) groups is 1. The van der Waals surface area contributed by atoms with E-state index in [9.17, 15) is 14.9 Å². The normalized spacial score (nSPS) is 18.5. The van der Waals surface area contributed by atoms with E-state index in [1.54, 1.807) is 7.05 Å². The molecule has 7 nitrogen and oxygen atoms in total. The maximum Gasteiger partial charge on any atom is 0.287 e. The molecule has 1 aliphatic heterocycles. The summed E-state index contributed by atoms with van der Waals surface area (Å²) in [6, 6.07) is 1.77. The van der Waals surface area contributed by atoms with E-state index in [1.807, 2.05) is 0 Å². The fourth-order valence-electron chi connectivity index (χ4n) is 2.33. The molecule has 0 saturated carbocycles. The summed E-state index contributed by atoms with van der Waals surface area (Å²) in [4.78, 5) is 22.0. The highest BCUT2D eigenvalue weighted by atomic mass is 16.6. The second-order valence-electron chi connectivity index (χ2n) is 4.79. The number of nitro groups is 1. The number of hydrogen-bond donors (Lipinski definition) is 2. The smallest absolute Gasteiger partial charge is 0.287 e. The minimum Gasteiger partial charge on any atom is -0.351 e. The second-order valence-corrected chi connectivity index (χ2v) is 4.79. The minimum atomic E-state index is -0.501. The lowest BCUT2D eigenvalue weighted by molar-refractivity contribution is -0.384. The van der Waals surface area contributed by atoms with E-state index in [0.717, 1.165) is 19.4 Å². The molecule has 0 bridgehead atoms. The fourth-order valence-corrected chi connectivity index (χ4v) is 2.33. The Morgan fingerprint density at radius 2 is 2.47 bits per heavy atom. The van der Waals surface area contributed by atoms with E-state index in [2.05, 4.69) is 10.6 Å². The van der Waals surface area contributed by atoms with Crippen LogP contribution in [0.25, 0.3) is 0 Å². The highest BCUT2D eigenvalue weighted by molar-refractivity contribution is 5.93. The van der Waals surface area contributed by atoms with Crippen molar-refractivity contribution >= 4 is 11.6 Å². The molecule has 1 aliphatic rings. The topological polar surface area (TPSA) is 89.2 Å². The van der Waals surface area contributed by atoms with Gasteiger partial charge in [0.2, 0.25) is 0 Å². The van der Waals surface area contributed by atoms with Gasteiger partial charge in [-0.05, 0) is 25.8 Å². The molecule has 2 rings (SSSR count). The standard InChI is InChI=1S/C12H18N4O3/c1-15-8-10(16(18)19)7-11(15)12(17)14-6-4-9-3-2-5-13-9/h7-9,13H,2-6H2,1H3,(H,14,17)/t9-/m0/s1. The van der Waals surface area contributed by atoms with Gasteiger partial charge in [-0.1, -0.05) is 0 Å². The maximum atomic E-state index is 11.9. The van der Waals surface area contributed by atoms with Crippen molar-refractivity contribution in [2.75, 3.05) is 13.1 Å². The number of nitrogens with zero attached hydrogens (tertiary/aromatic N) is 2. The summed E-state index contributed by atoms with van der Waals surface area (Å²) >= 11 is 0. The molecule has 1 aromatic heterocycles. The van der Waals surface area contributed by atoms with Crippen molar-refractivity contribution < 1.29 is 9.72 Å². The molecule has 2 N–H and O–H groups in total. The van der Waals surface area contributed by atoms with E-state index < -0.39 is 4.92 Å². The Morgan fingerprint density at radius 1 is 1.68 bits per heavy atom. The maximum absolute atomic E-state index is 11.9. The third kappa shape index (κ3) is 3.31. The van der Waals surface area contributed by atoms with Gasteiger partial charge in [0.1, 0.15) is 5.69 Å². The van der Waals surface area contributed by atoms with Gasteiger partial charge in [-0.2, -0.15) is 0 Å². The van der Waals surface area contributed by atoms with Crippen molar-refractivity contribution in [3.8, 4) is 0 Å². The Hall–Kier alpha value is -1.89. The number of amides is 1. The summed E-state index contributed by atoms with van der Waals surface area (Å²) < 4.78 is 1.47. The Balaban J connectivity index is 1.86. The number of aryl methyl sites for hydroxylation is 1. The predicted molar refractivity (Wildman–Crippen MR) is 70.0 cm³/mol. The highest BCUT2D eigenvalue weighted by Gasteiger charge is 2.18. The lowest BCUT2D eigenvalue weighted by Crippen LogP contribution is -2.31. The van der Waals surface area contributed by atoms with Crippen molar-refractivity contribution in [2.45, 2.75) is 25.3 Å². The fraction of sp³-hybridized carbons (Fsp3) is 0.583. The molecular weight excluding hydrogens is 248 g/mol. The molecule has 1 atom stereocenters. The van der Waals surface area contributed by atoms with Crippen LogP contribution in [-0.4, -0.2) is 34.5 Å². The van der Waals surface area contributed by atoms with Crippen LogP contribution in [0.3, 0.4) is 0 Å². The molecule has 1 saturated heterocycles. The first-order valence-electron chi connectivity index (χ1n) is 6.40. The van der Waals surface area contributed by atoms with Gasteiger partial charge in [-0.15, -0.1) is 0 Å². The van der Waals surface area contributed by atoms with Gasteiger partial charge in [-0.3, -0.25) is 14.9 Å². The van der Waals surface area contributed by atoms with Gasteiger partial charge in [0.05, 0.1) is 11.1 Å². The van der Waals surface area contributed by atoms with E-state index in [1.165, 1.54) is 23.3 Å². The molecule has 0 aliphatic carbocycles. The van der Waals surface area contributed by atoms with Gasteiger partial charge in [-0.25, -0.2) is 0 Å². The zero-order chi connectivity index (χ0) is 13.8. The average Bonchev–Trinajstić information content (AvgIpc) is 2.98. The summed E-state index contributed by atoms with van der Waals surface area (Å²) in [7, 11) is 1.63. The first kappa shape index (κ1) is 13.5.